The standard InChI is InChI=1S/C26H28F2O2S/c1-15(2)21-12-22(16(3)4)24(14-31-19-8-5-17(27)6-9-19)26(23(21)13-29)20-10-7-18(28)11-25(20)30/h5-12,15-16,29-30H,13-14H2,1-4H3. The summed E-state index contributed by atoms with van der Waals surface area (Å²) < 4.78 is 27.0. The van der Waals surface area contributed by atoms with Gasteiger partial charge in [-0.25, -0.2) is 8.78 Å². The van der Waals surface area contributed by atoms with E-state index in [1.54, 1.807) is 30.0 Å². The number of halogens is 2. The van der Waals surface area contributed by atoms with Gasteiger partial charge in [0, 0.05) is 22.3 Å². The van der Waals surface area contributed by atoms with Crippen molar-refractivity contribution in [2.24, 2.45) is 0 Å². The van der Waals surface area contributed by atoms with Crippen LogP contribution in [0.25, 0.3) is 11.1 Å². The van der Waals surface area contributed by atoms with Crippen LogP contribution in [-0.4, -0.2) is 10.2 Å². The molecule has 0 unspecified atom stereocenters. The normalized spacial score (nSPS) is 11.5. The van der Waals surface area contributed by atoms with Crippen LogP contribution in [0, 0.1) is 11.6 Å². The number of aromatic hydroxyl groups is 1. The first-order valence-electron chi connectivity index (χ1n) is 10.4. The Bertz CT molecular complexity index is 1060. The average Bonchev–Trinajstić information content (AvgIpc) is 2.72. The molecule has 3 rings (SSSR count). The number of aliphatic hydroxyl groups is 1. The summed E-state index contributed by atoms with van der Waals surface area (Å²) in [7, 11) is 0. The molecule has 0 saturated carbocycles. The SMILES string of the molecule is CC(C)c1cc(C(C)C)c(CSc2ccc(F)cc2)c(-c2ccc(F)cc2O)c1CO. The van der Waals surface area contributed by atoms with Crippen LogP contribution in [0.1, 0.15) is 61.8 Å². The quantitative estimate of drug-likeness (QED) is 0.375. The zero-order valence-electron chi connectivity index (χ0n) is 18.2. The van der Waals surface area contributed by atoms with Gasteiger partial charge < -0.3 is 10.2 Å². The van der Waals surface area contributed by atoms with E-state index in [0.29, 0.717) is 11.3 Å². The van der Waals surface area contributed by atoms with Crippen molar-refractivity contribution < 1.29 is 19.0 Å². The minimum absolute atomic E-state index is 0.154. The summed E-state index contributed by atoms with van der Waals surface area (Å²) in [4.78, 5) is 0.920. The Labute approximate surface area is 187 Å². The van der Waals surface area contributed by atoms with Gasteiger partial charge in [0.25, 0.3) is 0 Å². The molecule has 31 heavy (non-hydrogen) atoms. The third-order valence-corrected chi connectivity index (χ3v) is 6.48. The monoisotopic (exact) mass is 442 g/mol. The lowest BCUT2D eigenvalue weighted by atomic mass is 9.82. The fraction of sp³-hybridized carbons (Fsp3) is 0.308. The summed E-state index contributed by atoms with van der Waals surface area (Å²) in [6.45, 7) is 8.17. The van der Waals surface area contributed by atoms with Crippen LogP contribution >= 0.6 is 11.8 Å². The molecule has 0 spiro atoms. The van der Waals surface area contributed by atoms with Gasteiger partial charge in [0.2, 0.25) is 0 Å². The molecule has 0 atom stereocenters. The minimum Gasteiger partial charge on any atom is -0.507 e. The highest BCUT2D eigenvalue weighted by molar-refractivity contribution is 7.98. The van der Waals surface area contributed by atoms with Crippen molar-refractivity contribution >= 4 is 11.8 Å². The number of hydrogen-bond acceptors (Lipinski definition) is 3. The van der Waals surface area contributed by atoms with E-state index in [0.717, 1.165) is 38.8 Å². The third kappa shape index (κ3) is 5.10. The van der Waals surface area contributed by atoms with E-state index in [9.17, 15) is 19.0 Å². The average molecular weight is 443 g/mol. The van der Waals surface area contributed by atoms with E-state index in [1.807, 2.05) is 0 Å². The lowest BCUT2D eigenvalue weighted by Gasteiger charge is -2.25. The van der Waals surface area contributed by atoms with Crippen molar-refractivity contribution in [3.8, 4) is 16.9 Å². The number of phenols is 1. The molecule has 164 valence electrons. The van der Waals surface area contributed by atoms with Crippen LogP contribution in [0.2, 0.25) is 0 Å². The van der Waals surface area contributed by atoms with Gasteiger partial charge in [0.15, 0.2) is 0 Å². The Morgan fingerprint density at radius 2 is 1.39 bits per heavy atom. The van der Waals surface area contributed by atoms with Crippen LogP contribution in [0.5, 0.6) is 5.75 Å². The lowest BCUT2D eigenvalue weighted by Crippen LogP contribution is -2.08. The van der Waals surface area contributed by atoms with Gasteiger partial charge in [-0.05, 0) is 76.1 Å². The van der Waals surface area contributed by atoms with E-state index >= 15 is 0 Å². The van der Waals surface area contributed by atoms with Crippen molar-refractivity contribution in [3.63, 3.8) is 0 Å². The third-order valence-electron chi connectivity index (χ3n) is 5.44. The summed E-state index contributed by atoms with van der Waals surface area (Å²) in [5.41, 5.74) is 5.12. The summed E-state index contributed by atoms with van der Waals surface area (Å²) in [5, 5.41) is 20.9. The maximum atomic E-state index is 13.7. The van der Waals surface area contributed by atoms with Gasteiger partial charge in [0.1, 0.15) is 17.4 Å². The maximum absolute atomic E-state index is 13.7. The zero-order valence-corrected chi connectivity index (χ0v) is 19.1. The molecule has 0 fully saturated rings. The summed E-state index contributed by atoms with van der Waals surface area (Å²) in [5.74, 6) is -0.0175. The largest absolute Gasteiger partial charge is 0.507 e. The Morgan fingerprint density at radius 1 is 0.806 bits per heavy atom. The van der Waals surface area contributed by atoms with E-state index in [2.05, 4.69) is 33.8 Å². The zero-order chi connectivity index (χ0) is 22.7. The second kappa shape index (κ2) is 9.84. The molecule has 0 aromatic heterocycles. The van der Waals surface area contributed by atoms with Gasteiger partial charge >= 0.3 is 0 Å². The Kier molecular flexibility index (Phi) is 7.39. The van der Waals surface area contributed by atoms with Crippen LogP contribution in [0.15, 0.2) is 53.4 Å². The topological polar surface area (TPSA) is 40.5 Å². The first-order chi connectivity index (χ1) is 14.7. The van der Waals surface area contributed by atoms with Crippen LogP contribution < -0.4 is 0 Å². The molecule has 2 N–H and O–H groups in total. The highest BCUT2D eigenvalue weighted by atomic mass is 32.2. The van der Waals surface area contributed by atoms with Crippen LogP contribution in [0.3, 0.4) is 0 Å². The molecule has 0 saturated heterocycles. The number of phenolic OH excluding ortho intramolecular Hbond substituents is 1. The number of hydrogen-bond donors (Lipinski definition) is 2. The molecule has 2 nitrogen and oxygen atoms in total. The Morgan fingerprint density at radius 3 is 1.94 bits per heavy atom. The van der Waals surface area contributed by atoms with Crippen molar-refractivity contribution in [3.05, 3.63) is 82.4 Å². The number of benzene rings is 3. The first-order valence-corrected chi connectivity index (χ1v) is 11.4. The fourth-order valence-corrected chi connectivity index (χ4v) is 4.85. The van der Waals surface area contributed by atoms with Gasteiger partial charge in [-0.15, -0.1) is 11.8 Å². The molecular formula is C26H28F2O2S. The first kappa shape index (κ1) is 23.3. The molecule has 3 aromatic carbocycles. The predicted molar refractivity (Wildman–Crippen MR) is 124 cm³/mol. The van der Waals surface area contributed by atoms with E-state index in [-0.39, 0.29) is 30.0 Å². The molecule has 0 bridgehead atoms. The summed E-state index contributed by atoms with van der Waals surface area (Å²) in [6, 6.07) is 12.5. The van der Waals surface area contributed by atoms with Gasteiger partial charge in [0.05, 0.1) is 6.61 Å². The van der Waals surface area contributed by atoms with Gasteiger partial charge in [-0.1, -0.05) is 33.8 Å². The van der Waals surface area contributed by atoms with Crippen molar-refractivity contribution in [1.82, 2.24) is 0 Å². The lowest BCUT2D eigenvalue weighted by molar-refractivity contribution is 0.280. The molecule has 0 aliphatic heterocycles. The second-order valence-electron chi connectivity index (χ2n) is 8.26. The highest BCUT2D eigenvalue weighted by Gasteiger charge is 2.23. The van der Waals surface area contributed by atoms with E-state index in [1.165, 1.54) is 18.2 Å². The second-order valence-corrected chi connectivity index (χ2v) is 9.31. The molecule has 0 aliphatic carbocycles. The maximum Gasteiger partial charge on any atom is 0.126 e. The number of rotatable bonds is 7. The smallest absolute Gasteiger partial charge is 0.126 e. The highest BCUT2D eigenvalue weighted by Crippen LogP contribution is 2.43. The minimum atomic E-state index is -0.516. The predicted octanol–water partition coefficient (Wildman–Crippen LogP) is 7.37. The van der Waals surface area contributed by atoms with Crippen LogP contribution in [0.4, 0.5) is 8.78 Å². The van der Waals surface area contributed by atoms with Crippen LogP contribution in [-0.2, 0) is 12.4 Å². The van der Waals surface area contributed by atoms with Gasteiger partial charge in [-0.3, -0.25) is 0 Å². The van der Waals surface area contributed by atoms with Crippen molar-refractivity contribution in [2.75, 3.05) is 0 Å². The van der Waals surface area contributed by atoms with Crippen molar-refractivity contribution in [1.29, 1.82) is 0 Å². The van der Waals surface area contributed by atoms with E-state index < -0.39 is 5.82 Å². The van der Waals surface area contributed by atoms with E-state index in [4.69, 9.17) is 0 Å². The molecule has 0 aliphatic rings. The molecule has 3 aromatic rings. The number of thioether (sulfide) groups is 1. The summed E-state index contributed by atoms with van der Waals surface area (Å²) >= 11 is 1.56. The molecular weight excluding hydrogens is 414 g/mol. The summed E-state index contributed by atoms with van der Waals surface area (Å²) in [6.07, 6.45) is 0. The van der Waals surface area contributed by atoms with Crippen molar-refractivity contribution in [2.45, 2.75) is 56.8 Å². The number of aliphatic hydroxyl groups excluding tert-OH is 1. The van der Waals surface area contributed by atoms with Gasteiger partial charge in [-0.2, -0.15) is 0 Å². The molecule has 0 heterocycles. The molecule has 5 heteroatoms. The Balaban J connectivity index is 2.25. The molecule has 0 amide bonds. The fourth-order valence-electron chi connectivity index (χ4n) is 3.90. The Hall–Kier alpha value is -2.37. The molecule has 0 radical (unpaired) electrons.